The Balaban J connectivity index is 1.90. The second-order valence-corrected chi connectivity index (χ2v) is 5.39. The lowest BCUT2D eigenvalue weighted by atomic mass is 10.1. The number of hydrogen-bond acceptors (Lipinski definition) is 4. The molecule has 1 aliphatic rings. The third-order valence-electron chi connectivity index (χ3n) is 4.01. The molecule has 1 aromatic carbocycles. The Morgan fingerprint density at radius 1 is 1.26 bits per heavy atom. The fourth-order valence-corrected chi connectivity index (χ4v) is 2.59. The first-order chi connectivity index (χ1) is 9.15. The van der Waals surface area contributed by atoms with Crippen molar-refractivity contribution in [1.29, 1.82) is 0 Å². The molecule has 4 nitrogen and oxygen atoms in total. The first-order valence-corrected chi connectivity index (χ1v) is 6.76. The van der Waals surface area contributed by atoms with Crippen LogP contribution in [0.15, 0.2) is 22.7 Å². The van der Waals surface area contributed by atoms with Crippen LogP contribution in [0.25, 0.3) is 11.4 Å². The summed E-state index contributed by atoms with van der Waals surface area (Å²) in [6.07, 6.45) is 2.30. The molecule has 19 heavy (non-hydrogen) atoms. The van der Waals surface area contributed by atoms with Crippen LogP contribution in [-0.4, -0.2) is 28.6 Å². The SMILES string of the molecule is Cc1ccc(-c2noc(C3CCCN3C)n2)cc1C. The number of benzene rings is 1. The lowest BCUT2D eigenvalue weighted by molar-refractivity contribution is 0.245. The third kappa shape index (κ3) is 2.28. The van der Waals surface area contributed by atoms with E-state index in [2.05, 4.69) is 54.1 Å². The van der Waals surface area contributed by atoms with Gasteiger partial charge < -0.3 is 4.52 Å². The zero-order valence-electron chi connectivity index (χ0n) is 11.7. The van der Waals surface area contributed by atoms with E-state index in [0.29, 0.717) is 5.82 Å². The first-order valence-electron chi connectivity index (χ1n) is 6.76. The summed E-state index contributed by atoms with van der Waals surface area (Å²) in [7, 11) is 2.11. The van der Waals surface area contributed by atoms with Gasteiger partial charge in [-0.3, -0.25) is 4.90 Å². The molecule has 1 unspecified atom stereocenters. The zero-order valence-corrected chi connectivity index (χ0v) is 11.7. The molecule has 1 aromatic heterocycles. The van der Waals surface area contributed by atoms with Gasteiger partial charge in [0.05, 0.1) is 6.04 Å². The second kappa shape index (κ2) is 4.78. The largest absolute Gasteiger partial charge is 0.337 e. The lowest BCUT2D eigenvalue weighted by Gasteiger charge is -2.14. The molecule has 4 heteroatoms. The van der Waals surface area contributed by atoms with Gasteiger partial charge in [0.2, 0.25) is 11.7 Å². The third-order valence-corrected chi connectivity index (χ3v) is 4.01. The second-order valence-electron chi connectivity index (χ2n) is 5.39. The van der Waals surface area contributed by atoms with E-state index < -0.39 is 0 Å². The van der Waals surface area contributed by atoms with E-state index in [1.165, 1.54) is 17.5 Å². The van der Waals surface area contributed by atoms with Crippen molar-refractivity contribution in [1.82, 2.24) is 15.0 Å². The Hall–Kier alpha value is -1.68. The Morgan fingerprint density at radius 3 is 2.79 bits per heavy atom. The Bertz CT molecular complexity index is 591. The van der Waals surface area contributed by atoms with Gasteiger partial charge in [-0.1, -0.05) is 17.3 Å². The van der Waals surface area contributed by atoms with E-state index in [0.717, 1.165) is 24.4 Å². The molecule has 0 spiro atoms. The molecule has 0 saturated carbocycles. The number of aryl methyl sites for hydroxylation is 2. The van der Waals surface area contributed by atoms with Crippen molar-refractivity contribution in [2.75, 3.05) is 13.6 Å². The summed E-state index contributed by atoms with van der Waals surface area (Å²) in [5, 5.41) is 4.12. The van der Waals surface area contributed by atoms with Crippen LogP contribution in [0.4, 0.5) is 0 Å². The van der Waals surface area contributed by atoms with E-state index in [9.17, 15) is 0 Å². The highest BCUT2D eigenvalue weighted by Crippen LogP contribution is 2.30. The van der Waals surface area contributed by atoms with Gasteiger partial charge in [0.1, 0.15) is 0 Å². The highest BCUT2D eigenvalue weighted by molar-refractivity contribution is 5.56. The molecular weight excluding hydrogens is 238 g/mol. The van der Waals surface area contributed by atoms with Crippen molar-refractivity contribution in [3.05, 3.63) is 35.2 Å². The summed E-state index contributed by atoms with van der Waals surface area (Å²) in [6.45, 7) is 5.31. The number of aromatic nitrogens is 2. The van der Waals surface area contributed by atoms with Crippen molar-refractivity contribution in [3.63, 3.8) is 0 Å². The molecule has 1 saturated heterocycles. The van der Waals surface area contributed by atoms with Crippen molar-refractivity contribution in [3.8, 4) is 11.4 Å². The van der Waals surface area contributed by atoms with E-state index in [-0.39, 0.29) is 6.04 Å². The van der Waals surface area contributed by atoms with Crippen LogP contribution in [0, 0.1) is 13.8 Å². The fourth-order valence-electron chi connectivity index (χ4n) is 2.59. The van der Waals surface area contributed by atoms with Crippen molar-refractivity contribution in [2.24, 2.45) is 0 Å². The summed E-state index contributed by atoms with van der Waals surface area (Å²) < 4.78 is 5.44. The van der Waals surface area contributed by atoms with Gasteiger partial charge in [0.25, 0.3) is 0 Å². The topological polar surface area (TPSA) is 42.2 Å². The molecule has 100 valence electrons. The number of rotatable bonds is 2. The molecular formula is C15H19N3O. The van der Waals surface area contributed by atoms with E-state index in [4.69, 9.17) is 4.52 Å². The van der Waals surface area contributed by atoms with Crippen LogP contribution < -0.4 is 0 Å². The number of nitrogens with zero attached hydrogens (tertiary/aromatic N) is 3. The molecule has 1 aliphatic heterocycles. The summed E-state index contributed by atoms with van der Waals surface area (Å²) in [4.78, 5) is 6.84. The Morgan fingerprint density at radius 2 is 2.11 bits per heavy atom. The van der Waals surface area contributed by atoms with Gasteiger partial charge in [-0.05, 0) is 57.5 Å². The van der Waals surface area contributed by atoms with E-state index in [1.54, 1.807) is 0 Å². The minimum atomic E-state index is 0.285. The Labute approximate surface area is 113 Å². The van der Waals surface area contributed by atoms with Crippen LogP contribution in [-0.2, 0) is 0 Å². The normalized spacial score (nSPS) is 20.1. The minimum absolute atomic E-state index is 0.285. The molecule has 0 radical (unpaired) electrons. The number of hydrogen-bond donors (Lipinski definition) is 0. The summed E-state index contributed by atoms with van der Waals surface area (Å²) >= 11 is 0. The van der Waals surface area contributed by atoms with Crippen LogP contribution in [0.3, 0.4) is 0 Å². The molecule has 2 heterocycles. The van der Waals surface area contributed by atoms with Gasteiger partial charge in [-0.15, -0.1) is 0 Å². The maximum atomic E-state index is 5.44. The fraction of sp³-hybridized carbons (Fsp3) is 0.467. The van der Waals surface area contributed by atoms with Crippen LogP contribution in [0.1, 0.15) is 35.9 Å². The average molecular weight is 257 g/mol. The molecule has 3 rings (SSSR count). The van der Waals surface area contributed by atoms with E-state index in [1.807, 2.05) is 0 Å². The maximum absolute atomic E-state index is 5.44. The predicted molar refractivity (Wildman–Crippen MR) is 73.8 cm³/mol. The van der Waals surface area contributed by atoms with Gasteiger partial charge in [0, 0.05) is 5.56 Å². The molecule has 1 atom stereocenters. The predicted octanol–water partition coefficient (Wildman–Crippen LogP) is 3.12. The Kier molecular flexibility index (Phi) is 3.11. The molecule has 2 aromatic rings. The molecule has 0 amide bonds. The lowest BCUT2D eigenvalue weighted by Crippen LogP contribution is -2.17. The van der Waals surface area contributed by atoms with Crippen LogP contribution >= 0.6 is 0 Å². The van der Waals surface area contributed by atoms with Crippen molar-refractivity contribution < 1.29 is 4.52 Å². The first kappa shape index (κ1) is 12.4. The average Bonchev–Trinajstić information content (AvgIpc) is 3.01. The van der Waals surface area contributed by atoms with Crippen LogP contribution in [0.2, 0.25) is 0 Å². The van der Waals surface area contributed by atoms with Crippen molar-refractivity contribution >= 4 is 0 Å². The highest BCUT2D eigenvalue weighted by atomic mass is 16.5. The highest BCUT2D eigenvalue weighted by Gasteiger charge is 2.27. The van der Waals surface area contributed by atoms with Crippen LogP contribution in [0.5, 0.6) is 0 Å². The minimum Gasteiger partial charge on any atom is -0.337 e. The van der Waals surface area contributed by atoms with Gasteiger partial charge in [0.15, 0.2) is 0 Å². The zero-order chi connectivity index (χ0) is 13.4. The smallest absolute Gasteiger partial charge is 0.244 e. The molecule has 1 fully saturated rings. The molecule has 0 N–H and O–H groups in total. The maximum Gasteiger partial charge on any atom is 0.244 e. The van der Waals surface area contributed by atoms with Gasteiger partial charge in [-0.25, -0.2) is 0 Å². The summed E-state index contributed by atoms with van der Waals surface area (Å²) in [5.74, 6) is 1.44. The molecule has 0 aliphatic carbocycles. The van der Waals surface area contributed by atoms with E-state index >= 15 is 0 Å². The molecule has 0 bridgehead atoms. The monoisotopic (exact) mass is 257 g/mol. The number of likely N-dealkylation sites (tertiary alicyclic amines) is 1. The van der Waals surface area contributed by atoms with Crippen molar-refractivity contribution in [2.45, 2.75) is 32.7 Å². The van der Waals surface area contributed by atoms with Gasteiger partial charge >= 0.3 is 0 Å². The van der Waals surface area contributed by atoms with Gasteiger partial charge in [-0.2, -0.15) is 4.98 Å². The summed E-state index contributed by atoms with van der Waals surface area (Å²) in [6, 6.07) is 6.55. The standard InChI is InChI=1S/C15H19N3O/c1-10-6-7-12(9-11(10)2)14-16-15(19-17-14)13-5-4-8-18(13)3/h6-7,9,13H,4-5,8H2,1-3H3. The summed E-state index contributed by atoms with van der Waals surface area (Å²) in [5.41, 5.74) is 3.56. The quantitative estimate of drug-likeness (QED) is 0.829.